The number of carbonyl (C=O) groups is 1. The van der Waals surface area contributed by atoms with Crippen LogP contribution in [0, 0.1) is 0 Å². The van der Waals surface area contributed by atoms with Crippen LogP contribution in [0.15, 0.2) is 48.5 Å². The van der Waals surface area contributed by atoms with Crippen molar-refractivity contribution in [2.24, 2.45) is 0 Å². The lowest BCUT2D eigenvalue weighted by atomic mass is 10.2. The Balaban J connectivity index is 1.79. The minimum absolute atomic E-state index is 0.0586. The van der Waals surface area contributed by atoms with Gasteiger partial charge in [0, 0.05) is 17.6 Å². The van der Waals surface area contributed by atoms with Crippen LogP contribution < -0.4 is 0 Å². The fourth-order valence-electron chi connectivity index (χ4n) is 2.10. The Bertz CT molecular complexity index is 767. The lowest BCUT2D eigenvalue weighted by Gasteiger charge is -2.15. The highest BCUT2D eigenvalue weighted by molar-refractivity contribution is 7.18. The topological polar surface area (TPSA) is 33.2 Å². The largest absolute Gasteiger partial charge is 0.335 e. The van der Waals surface area contributed by atoms with E-state index in [4.69, 9.17) is 11.6 Å². The zero-order chi connectivity index (χ0) is 14.8. The van der Waals surface area contributed by atoms with Crippen LogP contribution in [0.4, 0.5) is 0 Å². The molecule has 1 heterocycles. The molecule has 21 heavy (non-hydrogen) atoms. The van der Waals surface area contributed by atoms with E-state index in [1.54, 1.807) is 47.5 Å². The van der Waals surface area contributed by atoms with Crippen LogP contribution in [0.1, 0.15) is 15.4 Å². The molecule has 0 saturated heterocycles. The molecular weight excluding hydrogens is 304 g/mol. The molecule has 0 radical (unpaired) electrons. The van der Waals surface area contributed by atoms with Crippen molar-refractivity contribution in [1.29, 1.82) is 0 Å². The second kappa shape index (κ2) is 5.84. The van der Waals surface area contributed by atoms with Crippen LogP contribution in [0.3, 0.4) is 0 Å². The van der Waals surface area contributed by atoms with Crippen molar-refractivity contribution >= 4 is 39.1 Å². The van der Waals surface area contributed by atoms with Crippen molar-refractivity contribution in [2.75, 3.05) is 7.05 Å². The fraction of sp³-hybridized carbons (Fsp3) is 0.125. The smallest absolute Gasteiger partial charge is 0.254 e. The van der Waals surface area contributed by atoms with Gasteiger partial charge in [-0.3, -0.25) is 4.79 Å². The first-order valence-corrected chi connectivity index (χ1v) is 7.68. The Kier molecular flexibility index (Phi) is 3.90. The molecule has 1 amide bonds. The van der Waals surface area contributed by atoms with Crippen molar-refractivity contribution < 1.29 is 4.79 Å². The lowest BCUT2D eigenvalue weighted by molar-refractivity contribution is 0.0785. The summed E-state index contributed by atoms with van der Waals surface area (Å²) >= 11 is 7.54. The molecular formula is C16H13ClN2OS. The predicted octanol–water partition coefficient (Wildman–Crippen LogP) is 4.22. The molecule has 0 saturated carbocycles. The van der Waals surface area contributed by atoms with E-state index in [1.165, 1.54) is 0 Å². The SMILES string of the molecule is CN(Cc1nc2ccccc2s1)C(=O)c1cccc(Cl)c1. The molecule has 0 fully saturated rings. The highest BCUT2D eigenvalue weighted by Gasteiger charge is 2.14. The van der Waals surface area contributed by atoms with E-state index in [9.17, 15) is 4.79 Å². The Hall–Kier alpha value is -1.91. The maximum atomic E-state index is 12.4. The number of carbonyl (C=O) groups excluding carboxylic acids is 1. The van der Waals surface area contributed by atoms with Crippen molar-refractivity contribution in [3.8, 4) is 0 Å². The third kappa shape index (κ3) is 3.06. The van der Waals surface area contributed by atoms with Gasteiger partial charge in [-0.05, 0) is 30.3 Å². The van der Waals surface area contributed by atoms with E-state index in [1.807, 2.05) is 24.3 Å². The highest BCUT2D eigenvalue weighted by atomic mass is 35.5. The maximum Gasteiger partial charge on any atom is 0.254 e. The molecule has 0 spiro atoms. The van der Waals surface area contributed by atoms with Crippen molar-refractivity contribution in [3.05, 3.63) is 64.1 Å². The fourth-order valence-corrected chi connectivity index (χ4v) is 3.32. The number of aromatic nitrogens is 1. The second-order valence-electron chi connectivity index (χ2n) is 4.75. The average molecular weight is 317 g/mol. The Morgan fingerprint density at radius 2 is 2.05 bits per heavy atom. The van der Waals surface area contributed by atoms with Gasteiger partial charge < -0.3 is 4.90 Å². The van der Waals surface area contributed by atoms with Gasteiger partial charge in [0.2, 0.25) is 0 Å². The number of rotatable bonds is 3. The predicted molar refractivity (Wildman–Crippen MR) is 86.9 cm³/mol. The summed E-state index contributed by atoms with van der Waals surface area (Å²) in [5, 5.41) is 1.49. The van der Waals surface area contributed by atoms with Crippen LogP contribution in [-0.4, -0.2) is 22.8 Å². The molecule has 2 aromatic carbocycles. The van der Waals surface area contributed by atoms with Gasteiger partial charge in [-0.15, -0.1) is 11.3 Å². The number of hydrogen-bond donors (Lipinski definition) is 0. The quantitative estimate of drug-likeness (QED) is 0.724. The first kappa shape index (κ1) is 14.0. The summed E-state index contributed by atoms with van der Waals surface area (Å²) in [6, 6.07) is 15.0. The summed E-state index contributed by atoms with van der Waals surface area (Å²) in [6.07, 6.45) is 0. The molecule has 1 aromatic heterocycles. The van der Waals surface area contributed by atoms with Gasteiger partial charge in [0.1, 0.15) is 5.01 Å². The second-order valence-corrected chi connectivity index (χ2v) is 6.30. The van der Waals surface area contributed by atoms with Crippen LogP contribution in [0.25, 0.3) is 10.2 Å². The number of thiazole rings is 1. The van der Waals surface area contributed by atoms with Gasteiger partial charge in [-0.2, -0.15) is 0 Å². The van der Waals surface area contributed by atoms with Gasteiger partial charge >= 0.3 is 0 Å². The molecule has 3 aromatic rings. The summed E-state index contributed by atoms with van der Waals surface area (Å²) in [6.45, 7) is 0.491. The third-order valence-corrected chi connectivity index (χ3v) is 4.39. The van der Waals surface area contributed by atoms with Gasteiger partial charge in [0.05, 0.1) is 16.8 Å². The molecule has 3 rings (SSSR count). The minimum Gasteiger partial charge on any atom is -0.335 e. The molecule has 0 atom stereocenters. The lowest BCUT2D eigenvalue weighted by Crippen LogP contribution is -2.26. The Labute approximate surface area is 131 Å². The van der Waals surface area contributed by atoms with Crippen LogP contribution in [0.2, 0.25) is 5.02 Å². The average Bonchev–Trinajstić information content (AvgIpc) is 2.88. The molecule has 0 bridgehead atoms. The van der Waals surface area contributed by atoms with E-state index in [0.29, 0.717) is 17.1 Å². The van der Waals surface area contributed by atoms with Crippen LogP contribution in [0.5, 0.6) is 0 Å². The number of amides is 1. The van der Waals surface area contributed by atoms with Crippen LogP contribution >= 0.6 is 22.9 Å². The van der Waals surface area contributed by atoms with Gasteiger partial charge in [-0.1, -0.05) is 29.8 Å². The highest BCUT2D eigenvalue weighted by Crippen LogP contribution is 2.23. The number of halogens is 1. The molecule has 0 aliphatic rings. The Morgan fingerprint density at radius 1 is 1.24 bits per heavy atom. The monoisotopic (exact) mass is 316 g/mol. The molecule has 0 unspecified atom stereocenters. The van der Waals surface area contributed by atoms with E-state index in [0.717, 1.165) is 15.2 Å². The number of nitrogens with zero attached hydrogens (tertiary/aromatic N) is 2. The molecule has 0 aliphatic carbocycles. The zero-order valence-electron chi connectivity index (χ0n) is 11.4. The van der Waals surface area contributed by atoms with Crippen molar-refractivity contribution in [1.82, 2.24) is 9.88 Å². The van der Waals surface area contributed by atoms with Crippen LogP contribution in [-0.2, 0) is 6.54 Å². The summed E-state index contributed by atoms with van der Waals surface area (Å²) in [5.41, 5.74) is 1.56. The Morgan fingerprint density at radius 3 is 2.81 bits per heavy atom. The van der Waals surface area contributed by atoms with E-state index in [2.05, 4.69) is 4.98 Å². The van der Waals surface area contributed by atoms with E-state index >= 15 is 0 Å². The number of benzene rings is 2. The zero-order valence-corrected chi connectivity index (χ0v) is 13.0. The molecule has 0 aliphatic heterocycles. The summed E-state index contributed by atoms with van der Waals surface area (Å²) in [5.74, 6) is -0.0586. The number of hydrogen-bond acceptors (Lipinski definition) is 3. The number of para-hydroxylation sites is 1. The summed E-state index contributed by atoms with van der Waals surface area (Å²) in [7, 11) is 1.77. The standard InChI is InChI=1S/C16H13ClN2OS/c1-19(16(20)11-5-4-6-12(17)9-11)10-15-18-13-7-2-3-8-14(13)21-15/h2-9H,10H2,1H3. The minimum atomic E-state index is -0.0586. The van der Waals surface area contributed by atoms with Gasteiger partial charge in [0.25, 0.3) is 5.91 Å². The molecule has 5 heteroatoms. The number of fused-ring (bicyclic) bond motifs is 1. The first-order valence-electron chi connectivity index (χ1n) is 6.49. The maximum absolute atomic E-state index is 12.4. The van der Waals surface area contributed by atoms with Crippen molar-refractivity contribution in [3.63, 3.8) is 0 Å². The van der Waals surface area contributed by atoms with Crippen molar-refractivity contribution in [2.45, 2.75) is 6.54 Å². The van der Waals surface area contributed by atoms with Gasteiger partial charge in [-0.25, -0.2) is 4.98 Å². The van der Waals surface area contributed by atoms with Gasteiger partial charge in [0.15, 0.2) is 0 Å². The summed E-state index contributed by atoms with van der Waals surface area (Å²) in [4.78, 5) is 18.6. The normalized spacial score (nSPS) is 10.8. The molecule has 0 N–H and O–H groups in total. The molecule has 3 nitrogen and oxygen atoms in total. The third-order valence-electron chi connectivity index (χ3n) is 3.13. The van der Waals surface area contributed by atoms with E-state index in [-0.39, 0.29) is 5.91 Å². The van der Waals surface area contributed by atoms with E-state index < -0.39 is 0 Å². The first-order chi connectivity index (χ1) is 10.1. The summed E-state index contributed by atoms with van der Waals surface area (Å²) < 4.78 is 1.14. The molecule has 106 valence electrons.